The SMILES string of the molecule is CC(C)(C)OC(=O)NCCCCCN.Cc1ccccc1S(=O)(=O)O. The second-order valence-corrected chi connectivity index (χ2v) is 7.91. The van der Waals surface area contributed by atoms with Crippen LogP contribution in [0.2, 0.25) is 0 Å². The number of benzene rings is 1. The van der Waals surface area contributed by atoms with Gasteiger partial charge in [0, 0.05) is 6.54 Å². The van der Waals surface area contributed by atoms with Gasteiger partial charge in [-0.05, 0) is 58.7 Å². The van der Waals surface area contributed by atoms with Crippen LogP contribution in [0.25, 0.3) is 0 Å². The highest BCUT2D eigenvalue weighted by Crippen LogP contribution is 2.12. The van der Waals surface area contributed by atoms with E-state index in [4.69, 9.17) is 15.0 Å². The van der Waals surface area contributed by atoms with Crippen molar-refractivity contribution in [3.05, 3.63) is 29.8 Å². The van der Waals surface area contributed by atoms with Crippen LogP contribution >= 0.6 is 0 Å². The van der Waals surface area contributed by atoms with Gasteiger partial charge in [-0.15, -0.1) is 0 Å². The van der Waals surface area contributed by atoms with E-state index in [0.717, 1.165) is 19.3 Å². The van der Waals surface area contributed by atoms with E-state index in [1.165, 1.54) is 6.07 Å². The first-order chi connectivity index (χ1) is 11.5. The second kappa shape index (κ2) is 11.1. The average Bonchev–Trinajstić information content (AvgIpc) is 2.45. The minimum Gasteiger partial charge on any atom is -0.444 e. The van der Waals surface area contributed by atoms with Crippen molar-refractivity contribution in [1.82, 2.24) is 5.32 Å². The standard InChI is InChI=1S/C10H22N2O2.C7H8O3S/c1-10(2,3)14-9(13)12-8-6-4-5-7-11;1-6-4-2-3-5-7(6)11(8,9)10/h4-8,11H2,1-3H3,(H,12,13);2-5H,1H3,(H,8,9,10). The number of carbonyl (C=O) groups is 1. The minimum absolute atomic E-state index is 0.0278. The van der Waals surface area contributed by atoms with Crippen molar-refractivity contribution in [2.24, 2.45) is 5.73 Å². The molecule has 7 nitrogen and oxygen atoms in total. The number of unbranched alkanes of at least 4 members (excludes halogenated alkanes) is 2. The van der Waals surface area contributed by atoms with Gasteiger partial charge in [0.2, 0.25) is 0 Å². The Kier molecular flexibility index (Phi) is 10.3. The molecule has 0 saturated heterocycles. The van der Waals surface area contributed by atoms with Gasteiger partial charge < -0.3 is 15.8 Å². The lowest BCUT2D eigenvalue weighted by molar-refractivity contribution is 0.0527. The molecule has 0 bridgehead atoms. The van der Waals surface area contributed by atoms with E-state index in [1.54, 1.807) is 25.1 Å². The monoisotopic (exact) mass is 374 g/mol. The van der Waals surface area contributed by atoms with Crippen molar-refractivity contribution in [2.75, 3.05) is 13.1 Å². The van der Waals surface area contributed by atoms with Crippen LogP contribution in [0, 0.1) is 6.92 Å². The Morgan fingerprint density at radius 2 is 1.80 bits per heavy atom. The van der Waals surface area contributed by atoms with Gasteiger partial charge in [0.25, 0.3) is 10.1 Å². The van der Waals surface area contributed by atoms with Crippen LogP contribution in [-0.2, 0) is 14.9 Å². The molecule has 0 fully saturated rings. The molecule has 0 atom stereocenters. The molecule has 144 valence electrons. The normalized spacial score (nSPS) is 11.3. The molecule has 1 rings (SSSR count). The summed E-state index contributed by atoms with van der Waals surface area (Å²) in [6, 6.07) is 6.27. The predicted molar refractivity (Wildman–Crippen MR) is 98.1 cm³/mol. The third kappa shape index (κ3) is 12.4. The Morgan fingerprint density at radius 3 is 2.24 bits per heavy atom. The molecule has 8 heteroatoms. The summed E-state index contributed by atoms with van der Waals surface area (Å²) in [5.74, 6) is 0. The van der Waals surface area contributed by atoms with E-state index < -0.39 is 15.7 Å². The van der Waals surface area contributed by atoms with E-state index >= 15 is 0 Å². The number of alkyl carbamates (subject to hydrolysis) is 1. The summed E-state index contributed by atoms with van der Waals surface area (Å²) in [6.07, 6.45) is 2.67. The summed E-state index contributed by atoms with van der Waals surface area (Å²) in [5.41, 5.74) is 5.48. The lowest BCUT2D eigenvalue weighted by atomic mass is 10.2. The van der Waals surface area contributed by atoms with Crippen molar-refractivity contribution >= 4 is 16.2 Å². The van der Waals surface area contributed by atoms with Gasteiger partial charge in [-0.2, -0.15) is 8.42 Å². The molecule has 0 heterocycles. The number of aryl methyl sites for hydroxylation is 1. The van der Waals surface area contributed by atoms with Crippen molar-refractivity contribution in [1.29, 1.82) is 0 Å². The second-order valence-electron chi connectivity index (χ2n) is 6.52. The van der Waals surface area contributed by atoms with Crippen molar-refractivity contribution in [2.45, 2.75) is 57.5 Å². The van der Waals surface area contributed by atoms with Crippen molar-refractivity contribution in [3.8, 4) is 0 Å². The van der Waals surface area contributed by atoms with E-state index in [-0.39, 0.29) is 11.0 Å². The molecule has 0 spiro atoms. The third-order valence-electron chi connectivity index (χ3n) is 2.92. The maximum atomic E-state index is 11.1. The summed E-state index contributed by atoms with van der Waals surface area (Å²) in [6.45, 7) is 8.55. The molecule has 0 aromatic heterocycles. The van der Waals surface area contributed by atoms with E-state index in [9.17, 15) is 13.2 Å². The first kappa shape index (κ1) is 23.4. The van der Waals surface area contributed by atoms with E-state index in [0.29, 0.717) is 18.7 Å². The average molecular weight is 375 g/mol. The first-order valence-corrected chi connectivity index (χ1v) is 9.61. The van der Waals surface area contributed by atoms with Crippen molar-refractivity contribution < 1.29 is 22.5 Å². The number of rotatable bonds is 6. The highest BCUT2D eigenvalue weighted by molar-refractivity contribution is 7.85. The fourth-order valence-electron chi connectivity index (χ4n) is 1.80. The molecule has 1 amide bonds. The van der Waals surface area contributed by atoms with Gasteiger partial charge in [0.1, 0.15) is 5.60 Å². The Balaban J connectivity index is 0.000000472. The number of hydrogen-bond donors (Lipinski definition) is 3. The third-order valence-corrected chi connectivity index (χ3v) is 3.93. The number of hydrogen-bond acceptors (Lipinski definition) is 5. The molecule has 0 aliphatic rings. The van der Waals surface area contributed by atoms with Crippen LogP contribution in [0.3, 0.4) is 0 Å². The Hall–Kier alpha value is -1.64. The molecule has 0 saturated carbocycles. The van der Waals surface area contributed by atoms with Gasteiger partial charge in [-0.25, -0.2) is 4.79 Å². The van der Waals surface area contributed by atoms with Gasteiger partial charge >= 0.3 is 6.09 Å². The van der Waals surface area contributed by atoms with Crippen molar-refractivity contribution in [3.63, 3.8) is 0 Å². The summed E-state index contributed by atoms with van der Waals surface area (Å²) in [5, 5.41) is 2.70. The molecular weight excluding hydrogens is 344 g/mol. The molecule has 1 aromatic rings. The van der Waals surface area contributed by atoms with Crippen LogP contribution in [0.4, 0.5) is 4.79 Å². The fourth-order valence-corrected chi connectivity index (χ4v) is 2.52. The Morgan fingerprint density at radius 1 is 1.20 bits per heavy atom. The largest absolute Gasteiger partial charge is 0.444 e. The van der Waals surface area contributed by atoms with Gasteiger partial charge in [0.05, 0.1) is 4.90 Å². The minimum atomic E-state index is -4.03. The quantitative estimate of drug-likeness (QED) is 0.520. The number of carbonyl (C=O) groups excluding carboxylic acids is 1. The fraction of sp³-hybridized carbons (Fsp3) is 0.588. The highest BCUT2D eigenvalue weighted by atomic mass is 32.2. The zero-order valence-corrected chi connectivity index (χ0v) is 16.2. The smallest absolute Gasteiger partial charge is 0.407 e. The maximum absolute atomic E-state index is 11.1. The Labute approximate surface area is 150 Å². The predicted octanol–water partition coefficient (Wildman–Crippen LogP) is 2.88. The summed E-state index contributed by atoms with van der Waals surface area (Å²) < 4.78 is 34.9. The molecule has 25 heavy (non-hydrogen) atoms. The summed E-state index contributed by atoms with van der Waals surface area (Å²) >= 11 is 0. The molecule has 1 aromatic carbocycles. The molecule has 0 aliphatic carbocycles. The van der Waals surface area contributed by atoms with E-state index in [2.05, 4.69) is 5.32 Å². The maximum Gasteiger partial charge on any atom is 0.407 e. The van der Waals surface area contributed by atoms with Gasteiger partial charge in [0.15, 0.2) is 0 Å². The number of nitrogens with two attached hydrogens (primary N) is 1. The molecular formula is C17H30N2O5S. The zero-order chi connectivity index (χ0) is 19.5. The highest BCUT2D eigenvalue weighted by Gasteiger charge is 2.15. The Bertz CT molecular complexity index is 624. The van der Waals surface area contributed by atoms with Gasteiger partial charge in [-0.3, -0.25) is 4.55 Å². The van der Waals surface area contributed by atoms with Crippen LogP contribution in [-0.4, -0.2) is 37.8 Å². The number of ether oxygens (including phenoxy) is 1. The topological polar surface area (TPSA) is 119 Å². The molecule has 0 unspecified atom stereocenters. The van der Waals surface area contributed by atoms with Gasteiger partial charge in [-0.1, -0.05) is 24.6 Å². The van der Waals surface area contributed by atoms with Crippen LogP contribution in [0.1, 0.15) is 45.6 Å². The zero-order valence-electron chi connectivity index (χ0n) is 15.4. The molecule has 0 radical (unpaired) electrons. The number of nitrogens with one attached hydrogen (secondary N) is 1. The van der Waals surface area contributed by atoms with Crippen LogP contribution in [0.15, 0.2) is 29.2 Å². The lowest BCUT2D eigenvalue weighted by Gasteiger charge is -2.19. The summed E-state index contributed by atoms with van der Waals surface area (Å²) in [4.78, 5) is 11.1. The lowest BCUT2D eigenvalue weighted by Crippen LogP contribution is -2.33. The first-order valence-electron chi connectivity index (χ1n) is 8.17. The molecule has 0 aliphatic heterocycles. The number of amides is 1. The van der Waals surface area contributed by atoms with E-state index in [1.807, 2.05) is 20.8 Å². The van der Waals surface area contributed by atoms with Crippen LogP contribution < -0.4 is 11.1 Å². The van der Waals surface area contributed by atoms with Crippen LogP contribution in [0.5, 0.6) is 0 Å². The summed E-state index contributed by atoms with van der Waals surface area (Å²) in [7, 11) is -4.03. The molecule has 4 N–H and O–H groups in total.